The molecule has 1 fully saturated rings. The third-order valence-corrected chi connectivity index (χ3v) is 4.56. The molecule has 2 aliphatic rings. The molecule has 126 valence electrons. The van der Waals surface area contributed by atoms with Gasteiger partial charge in [0.05, 0.1) is 12.7 Å². The Morgan fingerprint density at radius 2 is 2.26 bits per heavy atom. The molecule has 1 aromatic rings. The summed E-state index contributed by atoms with van der Waals surface area (Å²) < 4.78 is 11.1. The van der Waals surface area contributed by atoms with Crippen molar-refractivity contribution in [1.82, 2.24) is 10.6 Å². The Morgan fingerprint density at radius 3 is 3.04 bits per heavy atom. The van der Waals surface area contributed by atoms with Crippen LogP contribution >= 0.6 is 0 Å². The van der Waals surface area contributed by atoms with E-state index >= 15 is 0 Å². The van der Waals surface area contributed by atoms with Crippen LogP contribution in [-0.4, -0.2) is 52.0 Å². The highest BCUT2D eigenvalue weighted by atomic mass is 16.5. The van der Waals surface area contributed by atoms with E-state index in [-0.39, 0.29) is 0 Å². The predicted molar refractivity (Wildman–Crippen MR) is 92.0 cm³/mol. The third kappa shape index (κ3) is 4.45. The molecular weight excluding hydrogens is 290 g/mol. The SMILES string of the molecule is CN=C(NCCCOC1CCOC1)NCC1Cc2ccccc21. The average molecular weight is 317 g/mol. The van der Waals surface area contributed by atoms with Crippen molar-refractivity contribution in [1.29, 1.82) is 0 Å². The minimum absolute atomic E-state index is 0.297. The van der Waals surface area contributed by atoms with Crippen molar-refractivity contribution < 1.29 is 9.47 Å². The molecule has 5 nitrogen and oxygen atoms in total. The maximum absolute atomic E-state index is 5.76. The first-order valence-electron chi connectivity index (χ1n) is 8.58. The Kier molecular flexibility index (Phi) is 5.88. The topological polar surface area (TPSA) is 54.9 Å². The summed E-state index contributed by atoms with van der Waals surface area (Å²) in [5, 5.41) is 6.77. The fraction of sp³-hybridized carbons (Fsp3) is 0.611. The fourth-order valence-electron chi connectivity index (χ4n) is 3.16. The number of fused-ring (bicyclic) bond motifs is 1. The summed E-state index contributed by atoms with van der Waals surface area (Å²) in [4.78, 5) is 4.28. The van der Waals surface area contributed by atoms with Crippen LogP contribution in [0.4, 0.5) is 0 Å². The van der Waals surface area contributed by atoms with E-state index in [1.54, 1.807) is 0 Å². The second-order valence-corrected chi connectivity index (χ2v) is 6.19. The molecule has 2 atom stereocenters. The van der Waals surface area contributed by atoms with Crippen molar-refractivity contribution in [2.24, 2.45) is 4.99 Å². The van der Waals surface area contributed by atoms with Gasteiger partial charge in [0.1, 0.15) is 0 Å². The first kappa shape index (κ1) is 16.3. The van der Waals surface area contributed by atoms with Gasteiger partial charge in [-0.15, -0.1) is 0 Å². The average Bonchev–Trinajstić information content (AvgIpc) is 3.07. The molecule has 0 bridgehead atoms. The first-order chi connectivity index (χ1) is 11.4. The lowest BCUT2D eigenvalue weighted by atomic mass is 9.78. The zero-order valence-corrected chi connectivity index (χ0v) is 13.9. The van der Waals surface area contributed by atoms with Crippen LogP contribution in [-0.2, 0) is 15.9 Å². The van der Waals surface area contributed by atoms with E-state index in [9.17, 15) is 0 Å². The first-order valence-corrected chi connectivity index (χ1v) is 8.58. The predicted octanol–water partition coefficient (Wildman–Crippen LogP) is 1.69. The van der Waals surface area contributed by atoms with E-state index in [1.807, 2.05) is 7.05 Å². The van der Waals surface area contributed by atoms with Crippen LogP contribution in [0.2, 0.25) is 0 Å². The van der Waals surface area contributed by atoms with Gasteiger partial charge in [-0.25, -0.2) is 0 Å². The van der Waals surface area contributed by atoms with E-state index in [1.165, 1.54) is 11.1 Å². The van der Waals surface area contributed by atoms with E-state index in [0.29, 0.717) is 12.0 Å². The summed E-state index contributed by atoms with van der Waals surface area (Å²) in [7, 11) is 1.82. The molecule has 1 aliphatic carbocycles. The molecule has 0 amide bonds. The second-order valence-electron chi connectivity index (χ2n) is 6.19. The van der Waals surface area contributed by atoms with Crippen LogP contribution in [0, 0.1) is 0 Å². The monoisotopic (exact) mass is 317 g/mol. The van der Waals surface area contributed by atoms with Crippen LogP contribution in [0.1, 0.15) is 29.9 Å². The molecule has 1 heterocycles. The lowest BCUT2D eigenvalue weighted by molar-refractivity contribution is 0.0420. The summed E-state index contributed by atoms with van der Waals surface area (Å²) in [6.07, 6.45) is 3.46. The molecule has 1 aromatic carbocycles. The van der Waals surface area contributed by atoms with Gasteiger partial charge in [-0.2, -0.15) is 0 Å². The number of benzene rings is 1. The highest BCUT2D eigenvalue weighted by Crippen LogP contribution is 2.33. The van der Waals surface area contributed by atoms with Gasteiger partial charge in [0.2, 0.25) is 0 Å². The third-order valence-electron chi connectivity index (χ3n) is 4.56. The highest BCUT2D eigenvalue weighted by Gasteiger charge is 2.25. The number of guanidine groups is 1. The Labute approximate surface area is 138 Å². The summed E-state index contributed by atoms with van der Waals surface area (Å²) in [5.41, 5.74) is 2.96. The smallest absolute Gasteiger partial charge is 0.190 e. The van der Waals surface area contributed by atoms with E-state index in [0.717, 1.165) is 58.1 Å². The molecule has 0 radical (unpaired) electrons. The van der Waals surface area contributed by atoms with Crippen LogP contribution in [0.5, 0.6) is 0 Å². The molecule has 3 rings (SSSR count). The minimum atomic E-state index is 0.297. The van der Waals surface area contributed by atoms with Gasteiger partial charge in [0, 0.05) is 39.3 Å². The maximum atomic E-state index is 5.76. The van der Waals surface area contributed by atoms with Crippen LogP contribution in [0.3, 0.4) is 0 Å². The fourth-order valence-corrected chi connectivity index (χ4v) is 3.16. The van der Waals surface area contributed by atoms with Gasteiger partial charge in [-0.1, -0.05) is 24.3 Å². The zero-order chi connectivity index (χ0) is 15.9. The van der Waals surface area contributed by atoms with Gasteiger partial charge in [-0.3, -0.25) is 4.99 Å². The zero-order valence-electron chi connectivity index (χ0n) is 13.9. The lowest BCUT2D eigenvalue weighted by Gasteiger charge is -2.30. The number of aliphatic imine (C=N–C) groups is 1. The van der Waals surface area contributed by atoms with Crippen molar-refractivity contribution in [3.05, 3.63) is 35.4 Å². The standard InChI is InChI=1S/C18H27N3O2/c1-19-18(20-8-4-9-23-16-7-10-22-13-16)21-12-15-11-14-5-2-3-6-17(14)15/h2-3,5-6,15-16H,4,7-13H2,1H3,(H2,19,20,21). The van der Waals surface area contributed by atoms with E-state index in [2.05, 4.69) is 39.9 Å². The van der Waals surface area contributed by atoms with Gasteiger partial charge in [0.25, 0.3) is 0 Å². The summed E-state index contributed by atoms with van der Waals surface area (Å²) >= 11 is 0. The Morgan fingerprint density at radius 1 is 1.35 bits per heavy atom. The van der Waals surface area contributed by atoms with Gasteiger partial charge >= 0.3 is 0 Å². The van der Waals surface area contributed by atoms with E-state index in [4.69, 9.17) is 9.47 Å². The van der Waals surface area contributed by atoms with Crippen molar-refractivity contribution in [3.8, 4) is 0 Å². The van der Waals surface area contributed by atoms with Crippen LogP contribution in [0.15, 0.2) is 29.3 Å². The molecule has 2 unspecified atom stereocenters. The van der Waals surface area contributed by atoms with Crippen LogP contribution < -0.4 is 10.6 Å². The Bertz CT molecular complexity index is 527. The summed E-state index contributed by atoms with van der Waals surface area (Å²) in [6, 6.07) is 8.68. The largest absolute Gasteiger partial charge is 0.379 e. The number of ether oxygens (including phenoxy) is 2. The van der Waals surface area contributed by atoms with Gasteiger partial charge in [0.15, 0.2) is 5.96 Å². The molecule has 5 heteroatoms. The minimum Gasteiger partial charge on any atom is -0.379 e. The highest BCUT2D eigenvalue weighted by molar-refractivity contribution is 5.79. The van der Waals surface area contributed by atoms with Crippen molar-refractivity contribution in [2.75, 3.05) is 40.0 Å². The van der Waals surface area contributed by atoms with Gasteiger partial charge in [-0.05, 0) is 30.4 Å². The molecule has 0 saturated carbocycles. The quantitative estimate of drug-likeness (QED) is 0.456. The number of nitrogens with one attached hydrogen (secondary N) is 2. The number of hydrogen-bond acceptors (Lipinski definition) is 3. The lowest BCUT2D eigenvalue weighted by Crippen LogP contribution is -2.41. The number of rotatable bonds is 7. The molecule has 0 spiro atoms. The summed E-state index contributed by atoms with van der Waals surface area (Å²) in [6.45, 7) is 4.17. The van der Waals surface area contributed by atoms with Crippen molar-refractivity contribution in [3.63, 3.8) is 0 Å². The molecule has 1 saturated heterocycles. The Hall–Kier alpha value is -1.59. The molecular formula is C18H27N3O2. The molecule has 23 heavy (non-hydrogen) atoms. The van der Waals surface area contributed by atoms with E-state index < -0.39 is 0 Å². The van der Waals surface area contributed by atoms with Crippen molar-refractivity contribution in [2.45, 2.75) is 31.3 Å². The number of nitrogens with zero attached hydrogens (tertiary/aromatic N) is 1. The van der Waals surface area contributed by atoms with Gasteiger partial charge < -0.3 is 20.1 Å². The summed E-state index contributed by atoms with van der Waals surface area (Å²) in [5.74, 6) is 1.48. The molecule has 1 aliphatic heterocycles. The second kappa shape index (κ2) is 8.31. The molecule has 0 aromatic heterocycles. The number of hydrogen-bond donors (Lipinski definition) is 2. The normalized spacial score (nSPS) is 23.3. The van der Waals surface area contributed by atoms with Crippen molar-refractivity contribution >= 4 is 5.96 Å². The molecule has 2 N–H and O–H groups in total. The maximum Gasteiger partial charge on any atom is 0.190 e. The Balaban J connectivity index is 1.28. The van der Waals surface area contributed by atoms with Crippen LogP contribution in [0.25, 0.3) is 0 Å².